The number of nitrogens with zero attached hydrogens (tertiary/aromatic N) is 5. The number of imidazole rings is 1. The number of nitrogens with one attached hydrogen (secondary N) is 1. The summed E-state index contributed by atoms with van der Waals surface area (Å²) in [6, 6.07) is 12.1. The number of benzene rings is 1. The van der Waals surface area contributed by atoms with Crippen molar-refractivity contribution in [1.29, 1.82) is 0 Å². The molecule has 9 nitrogen and oxygen atoms in total. The Balaban J connectivity index is 1.66. The van der Waals surface area contributed by atoms with Crippen LogP contribution in [0.15, 0.2) is 67.3 Å². The molecule has 0 amide bonds. The van der Waals surface area contributed by atoms with Crippen LogP contribution in [0.25, 0.3) is 5.65 Å². The normalized spacial score (nSPS) is 10.6. The number of hydrogen-bond donors (Lipinski definition) is 1. The lowest BCUT2D eigenvalue weighted by atomic mass is 10.3. The number of pyridine rings is 1. The van der Waals surface area contributed by atoms with E-state index in [9.17, 15) is 10.1 Å². The van der Waals surface area contributed by atoms with Gasteiger partial charge in [0.25, 0.3) is 0 Å². The molecule has 0 aliphatic heterocycles. The number of anilines is 2. The Kier molecular flexibility index (Phi) is 3.86. The molecule has 0 atom stereocenters. The highest BCUT2D eigenvalue weighted by Gasteiger charge is 2.22. The van der Waals surface area contributed by atoms with Crippen molar-refractivity contribution in [2.75, 3.05) is 5.32 Å². The molecule has 128 valence electrons. The van der Waals surface area contributed by atoms with Crippen molar-refractivity contribution in [3.05, 3.63) is 77.4 Å². The van der Waals surface area contributed by atoms with E-state index in [1.54, 1.807) is 54.9 Å². The first-order valence-electron chi connectivity index (χ1n) is 7.63. The largest absolute Gasteiger partial charge is 0.437 e. The molecule has 3 aromatic heterocycles. The SMILES string of the molecule is O=[N+]([O-])c1c(Nc2cccc(Oc3cnccn3)c2)nc2ccccn12. The van der Waals surface area contributed by atoms with E-state index in [1.165, 1.54) is 16.8 Å². The van der Waals surface area contributed by atoms with Gasteiger partial charge < -0.3 is 20.2 Å². The van der Waals surface area contributed by atoms with E-state index >= 15 is 0 Å². The van der Waals surface area contributed by atoms with Gasteiger partial charge >= 0.3 is 5.82 Å². The molecule has 0 aliphatic rings. The zero-order valence-electron chi connectivity index (χ0n) is 13.3. The Morgan fingerprint density at radius 2 is 2.08 bits per heavy atom. The summed E-state index contributed by atoms with van der Waals surface area (Å²) in [5, 5.41) is 14.4. The van der Waals surface area contributed by atoms with Crippen LogP contribution in [0.1, 0.15) is 0 Å². The number of ether oxygens (including phenoxy) is 1. The predicted octanol–water partition coefficient (Wildman–Crippen LogP) is 3.57. The van der Waals surface area contributed by atoms with Crippen molar-refractivity contribution < 1.29 is 9.66 Å². The van der Waals surface area contributed by atoms with E-state index in [4.69, 9.17) is 4.74 Å². The lowest BCUT2D eigenvalue weighted by Crippen LogP contribution is -1.98. The van der Waals surface area contributed by atoms with Crippen molar-refractivity contribution >= 4 is 23.0 Å². The van der Waals surface area contributed by atoms with Crippen LogP contribution in [0.5, 0.6) is 11.6 Å². The minimum Gasteiger partial charge on any atom is -0.437 e. The Morgan fingerprint density at radius 3 is 2.88 bits per heavy atom. The third kappa shape index (κ3) is 3.00. The van der Waals surface area contributed by atoms with Crippen molar-refractivity contribution in [2.45, 2.75) is 0 Å². The van der Waals surface area contributed by atoms with Crippen molar-refractivity contribution in [3.8, 4) is 11.6 Å². The maximum Gasteiger partial charge on any atom is 0.372 e. The molecule has 0 fully saturated rings. The number of hydrogen-bond acceptors (Lipinski definition) is 7. The molecule has 0 aliphatic carbocycles. The zero-order valence-corrected chi connectivity index (χ0v) is 13.3. The van der Waals surface area contributed by atoms with E-state index in [2.05, 4.69) is 20.3 Å². The lowest BCUT2D eigenvalue weighted by Gasteiger charge is -2.07. The zero-order chi connectivity index (χ0) is 17.9. The van der Waals surface area contributed by atoms with Crippen LogP contribution in [-0.2, 0) is 0 Å². The summed E-state index contributed by atoms with van der Waals surface area (Å²) in [5.74, 6) is 0.879. The first-order valence-corrected chi connectivity index (χ1v) is 7.63. The van der Waals surface area contributed by atoms with Crippen molar-refractivity contribution in [2.24, 2.45) is 0 Å². The van der Waals surface area contributed by atoms with Gasteiger partial charge in [-0.2, -0.15) is 9.38 Å². The predicted molar refractivity (Wildman–Crippen MR) is 93.7 cm³/mol. The van der Waals surface area contributed by atoms with Gasteiger partial charge in [0.15, 0.2) is 0 Å². The van der Waals surface area contributed by atoms with Crippen LogP contribution in [0.3, 0.4) is 0 Å². The highest BCUT2D eigenvalue weighted by molar-refractivity contribution is 5.69. The van der Waals surface area contributed by atoms with E-state index < -0.39 is 4.92 Å². The Morgan fingerprint density at radius 1 is 1.15 bits per heavy atom. The number of rotatable bonds is 5. The standard InChI is InChI=1S/C17H12N6O3/c24-23(25)17-16(21-14-6-1-2-9-22(14)17)20-12-4-3-5-13(10-12)26-15-11-18-7-8-19-15/h1-11,20H. The molecule has 0 bridgehead atoms. The molecule has 4 rings (SSSR count). The minimum atomic E-state index is -0.470. The molecule has 26 heavy (non-hydrogen) atoms. The van der Waals surface area contributed by atoms with E-state index in [-0.39, 0.29) is 11.6 Å². The van der Waals surface area contributed by atoms with Gasteiger partial charge in [-0.3, -0.25) is 4.98 Å². The van der Waals surface area contributed by atoms with E-state index in [0.29, 0.717) is 23.0 Å². The Bertz CT molecular complexity index is 1080. The molecule has 3 heterocycles. The molecule has 0 saturated carbocycles. The van der Waals surface area contributed by atoms with Crippen molar-refractivity contribution in [3.63, 3.8) is 0 Å². The smallest absolute Gasteiger partial charge is 0.372 e. The fourth-order valence-electron chi connectivity index (χ4n) is 2.47. The summed E-state index contributed by atoms with van der Waals surface area (Å²) in [6.45, 7) is 0. The van der Waals surface area contributed by atoms with Crippen LogP contribution < -0.4 is 10.1 Å². The highest BCUT2D eigenvalue weighted by atomic mass is 16.6. The van der Waals surface area contributed by atoms with Crippen LogP contribution in [-0.4, -0.2) is 24.3 Å². The highest BCUT2D eigenvalue weighted by Crippen LogP contribution is 2.30. The monoisotopic (exact) mass is 348 g/mol. The molecule has 4 aromatic rings. The minimum absolute atomic E-state index is 0.138. The van der Waals surface area contributed by atoms with Crippen LogP contribution >= 0.6 is 0 Å². The Hall–Kier alpha value is -4.01. The number of aromatic nitrogens is 4. The van der Waals surface area contributed by atoms with Crippen LogP contribution in [0.4, 0.5) is 17.3 Å². The van der Waals surface area contributed by atoms with E-state index in [1.807, 2.05) is 0 Å². The van der Waals surface area contributed by atoms with Gasteiger partial charge in [-0.05, 0) is 23.1 Å². The number of nitro groups is 1. The van der Waals surface area contributed by atoms with Crippen molar-refractivity contribution in [1.82, 2.24) is 19.4 Å². The van der Waals surface area contributed by atoms with Gasteiger partial charge in [0.1, 0.15) is 5.75 Å². The van der Waals surface area contributed by atoms with Gasteiger partial charge in [-0.1, -0.05) is 12.1 Å². The van der Waals surface area contributed by atoms with Crippen LogP contribution in [0, 0.1) is 10.1 Å². The summed E-state index contributed by atoms with van der Waals surface area (Å²) in [4.78, 5) is 23.3. The summed E-state index contributed by atoms with van der Waals surface area (Å²) >= 11 is 0. The van der Waals surface area contributed by atoms with Gasteiger partial charge in [-0.25, -0.2) is 4.98 Å². The van der Waals surface area contributed by atoms with Gasteiger partial charge in [0.05, 0.1) is 12.4 Å². The summed E-state index contributed by atoms with van der Waals surface area (Å²) in [5.41, 5.74) is 1.08. The third-order valence-electron chi connectivity index (χ3n) is 3.54. The maximum atomic E-state index is 11.5. The van der Waals surface area contributed by atoms with E-state index in [0.717, 1.165) is 0 Å². The molecule has 0 spiro atoms. The fraction of sp³-hybridized carbons (Fsp3) is 0. The fourth-order valence-corrected chi connectivity index (χ4v) is 2.47. The molecular weight excluding hydrogens is 336 g/mol. The van der Waals surface area contributed by atoms with Crippen LogP contribution in [0.2, 0.25) is 0 Å². The first kappa shape index (κ1) is 15.5. The molecule has 0 saturated heterocycles. The first-order chi connectivity index (χ1) is 12.7. The maximum absolute atomic E-state index is 11.5. The van der Waals surface area contributed by atoms with Gasteiger partial charge in [-0.15, -0.1) is 0 Å². The quantitative estimate of drug-likeness (QED) is 0.434. The summed E-state index contributed by atoms with van der Waals surface area (Å²) in [7, 11) is 0. The second-order valence-corrected chi connectivity index (χ2v) is 5.27. The second-order valence-electron chi connectivity index (χ2n) is 5.27. The third-order valence-corrected chi connectivity index (χ3v) is 3.54. The molecule has 9 heteroatoms. The molecule has 1 N–H and O–H groups in total. The average molecular weight is 348 g/mol. The average Bonchev–Trinajstić information content (AvgIpc) is 3.01. The summed E-state index contributed by atoms with van der Waals surface area (Å²) in [6.07, 6.45) is 6.16. The molecular formula is C17H12N6O3. The van der Waals surface area contributed by atoms with Gasteiger partial charge in [0, 0.05) is 30.2 Å². The second kappa shape index (κ2) is 6.48. The topological polar surface area (TPSA) is 107 Å². The molecule has 1 aromatic carbocycles. The number of fused-ring (bicyclic) bond motifs is 1. The molecule has 0 unspecified atom stereocenters. The Labute approximate surface area is 147 Å². The van der Waals surface area contributed by atoms with Gasteiger partial charge in [0.2, 0.25) is 17.3 Å². The lowest BCUT2D eigenvalue weighted by molar-refractivity contribution is -0.389. The summed E-state index contributed by atoms with van der Waals surface area (Å²) < 4.78 is 7.04. The molecule has 0 radical (unpaired) electrons.